The van der Waals surface area contributed by atoms with Crippen LogP contribution in [0.4, 0.5) is 0 Å². The van der Waals surface area contributed by atoms with Gasteiger partial charge in [0.15, 0.2) is 0 Å². The summed E-state index contributed by atoms with van der Waals surface area (Å²) in [5, 5.41) is 23.5. The third-order valence-corrected chi connectivity index (χ3v) is 3.71. The number of aliphatic carboxylic acids is 1. The number of carboxylic acids is 1. The summed E-state index contributed by atoms with van der Waals surface area (Å²) in [6.07, 6.45) is 4.21. The zero-order valence-corrected chi connectivity index (χ0v) is 14.7. The van der Waals surface area contributed by atoms with E-state index >= 15 is 0 Å². The quantitative estimate of drug-likeness (QED) is 0.343. The summed E-state index contributed by atoms with van der Waals surface area (Å²) in [5.74, 6) is -2.07. The highest BCUT2D eigenvalue weighted by Gasteiger charge is 2.24. The van der Waals surface area contributed by atoms with Gasteiger partial charge in [-0.3, -0.25) is 4.79 Å². The van der Waals surface area contributed by atoms with Crippen molar-refractivity contribution in [3.8, 4) is 6.07 Å². The summed E-state index contributed by atoms with van der Waals surface area (Å²) in [6, 6.07) is 10.9. The number of amides is 1. The van der Waals surface area contributed by atoms with Gasteiger partial charge in [-0.2, -0.15) is 5.26 Å². The van der Waals surface area contributed by atoms with Crippen LogP contribution < -0.4 is 10.6 Å². The van der Waals surface area contributed by atoms with Gasteiger partial charge in [-0.05, 0) is 30.7 Å². The number of hydrogen-bond donors (Lipinski definition) is 3. The molecule has 0 bridgehead atoms. The average molecular weight is 343 g/mol. The second-order valence-electron chi connectivity index (χ2n) is 6.10. The number of benzene rings is 1. The third-order valence-electron chi connectivity index (χ3n) is 3.71. The van der Waals surface area contributed by atoms with Gasteiger partial charge < -0.3 is 15.7 Å². The van der Waals surface area contributed by atoms with Gasteiger partial charge in [0.25, 0.3) is 5.91 Å². The number of carbonyl (C=O) groups is 2. The molecule has 6 nitrogen and oxygen atoms in total. The second kappa shape index (κ2) is 10.9. The lowest BCUT2D eigenvalue weighted by Gasteiger charge is -2.17. The molecule has 0 spiro atoms. The minimum Gasteiger partial charge on any atom is -0.480 e. The normalized spacial score (nSPS) is 12.3. The number of carbonyl (C=O) groups excluding carboxylic acids is 1. The molecule has 1 rings (SSSR count). The van der Waals surface area contributed by atoms with E-state index in [1.165, 1.54) is 11.8 Å². The van der Waals surface area contributed by atoms with Crippen molar-refractivity contribution in [2.45, 2.75) is 39.2 Å². The summed E-state index contributed by atoms with van der Waals surface area (Å²) >= 11 is 0. The second-order valence-corrected chi connectivity index (χ2v) is 6.10. The zero-order chi connectivity index (χ0) is 18.7. The van der Waals surface area contributed by atoms with E-state index in [9.17, 15) is 9.59 Å². The van der Waals surface area contributed by atoms with Crippen molar-refractivity contribution in [2.75, 3.05) is 6.54 Å². The molecule has 134 valence electrons. The van der Waals surface area contributed by atoms with Crippen molar-refractivity contribution in [1.29, 1.82) is 5.26 Å². The van der Waals surface area contributed by atoms with Gasteiger partial charge in [0.1, 0.15) is 17.7 Å². The van der Waals surface area contributed by atoms with E-state index < -0.39 is 17.9 Å². The van der Waals surface area contributed by atoms with E-state index in [1.807, 2.05) is 18.2 Å². The number of nitrogens with one attached hydrogen (secondary N) is 2. The van der Waals surface area contributed by atoms with Crippen LogP contribution in [-0.4, -0.2) is 29.6 Å². The van der Waals surface area contributed by atoms with Crippen molar-refractivity contribution >= 4 is 11.9 Å². The lowest BCUT2D eigenvalue weighted by atomic mass is 10.0. The van der Waals surface area contributed by atoms with Crippen LogP contribution in [0.1, 0.15) is 32.3 Å². The van der Waals surface area contributed by atoms with Crippen LogP contribution in [0.2, 0.25) is 0 Å². The smallest absolute Gasteiger partial charge is 0.326 e. The topological polar surface area (TPSA) is 102 Å². The van der Waals surface area contributed by atoms with Gasteiger partial charge in [-0.1, -0.05) is 44.2 Å². The molecule has 0 heterocycles. The number of aryl methyl sites for hydroxylation is 1. The standard InChI is InChI=1S/C19H25N3O3/c1-14(2)17(19(24)25)22-18(23)16(12-20)13-21-11-7-6-10-15-8-4-3-5-9-15/h3-5,8-9,13-14,17,21H,6-7,10-11H2,1-2H3,(H,22,23)(H,24,25)/b16-13-. The summed E-state index contributed by atoms with van der Waals surface area (Å²) in [5.41, 5.74) is 1.15. The van der Waals surface area contributed by atoms with Crippen molar-refractivity contribution in [3.05, 3.63) is 47.7 Å². The first kappa shape index (κ1) is 20.2. The van der Waals surface area contributed by atoms with Crippen LogP contribution in [0.5, 0.6) is 0 Å². The van der Waals surface area contributed by atoms with Gasteiger partial charge in [0.2, 0.25) is 0 Å². The van der Waals surface area contributed by atoms with Crippen molar-refractivity contribution in [1.82, 2.24) is 10.6 Å². The van der Waals surface area contributed by atoms with Crippen LogP contribution in [-0.2, 0) is 16.0 Å². The average Bonchev–Trinajstić information content (AvgIpc) is 2.59. The number of hydrogen-bond acceptors (Lipinski definition) is 4. The monoisotopic (exact) mass is 343 g/mol. The molecule has 0 aliphatic carbocycles. The van der Waals surface area contributed by atoms with Gasteiger partial charge in [-0.15, -0.1) is 0 Å². The molecule has 3 N–H and O–H groups in total. The fourth-order valence-electron chi connectivity index (χ4n) is 2.26. The number of carboxylic acid groups (broad SMARTS) is 1. The zero-order valence-electron chi connectivity index (χ0n) is 14.7. The first-order chi connectivity index (χ1) is 12.0. The molecule has 0 radical (unpaired) electrons. The predicted molar refractivity (Wildman–Crippen MR) is 95.5 cm³/mol. The van der Waals surface area contributed by atoms with Crippen LogP contribution >= 0.6 is 0 Å². The minimum atomic E-state index is -1.12. The Bertz CT molecular complexity index is 633. The molecule has 0 fully saturated rings. The van der Waals surface area contributed by atoms with Gasteiger partial charge in [0, 0.05) is 12.7 Å². The molecule has 25 heavy (non-hydrogen) atoms. The Morgan fingerprint density at radius 2 is 1.92 bits per heavy atom. The molecular weight excluding hydrogens is 318 g/mol. The van der Waals surface area contributed by atoms with Gasteiger partial charge >= 0.3 is 5.97 Å². The fraction of sp³-hybridized carbons (Fsp3) is 0.421. The summed E-state index contributed by atoms with van der Waals surface area (Å²) in [4.78, 5) is 23.1. The third kappa shape index (κ3) is 7.53. The molecule has 1 unspecified atom stereocenters. The Morgan fingerprint density at radius 3 is 2.48 bits per heavy atom. The van der Waals surface area contributed by atoms with E-state index in [2.05, 4.69) is 22.8 Å². The number of unbranched alkanes of at least 4 members (excludes halogenated alkanes) is 1. The Labute approximate surface area is 148 Å². The molecule has 1 aromatic carbocycles. The molecule has 0 aliphatic rings. The maximum atomic E-state index is 12.0. The maximum Gasteiger partial charge on any atom is 0.326 e. The number of nitriles is 1. The van der Waals surface area contributed by atoms with Gasteiger partial charge in [0.05, 0.1) is 0 Å². The lowest BCUT2D eigenvalue weighted by molar-refractivity contribution is -0.142. The van der Waals surface area contributed by atoms with Gasteiger partial charge in [-0.25, -0.2) is 4.79 Å². The van der Waals surface area contributed by atoms with Crippen molar-refractivity contribution in [3.63, 3.8) is 0 Å². The largest absolute Gasteiger partial charge is 0.480 e. The maximum absolute atomic E-state index is 12.0. The fourth-order valence-corrected chi connectivity index (χ4v) is 2.26. The number of nitrogens with zero attached hydrogens (tertiary/aromatic N) is 1. The predicted octanol–water partition coefficient (Wildman–Crippen LogP) is 2.23. The van der Waals surface area contributed by atoms with Crippen LogP contribution in [0.15, 0.2) is 42.1 Å². The van der Waals surface area contributed by atoms with E-state index in [0.29, 0.717) is 6.54 Å². The minimum absolute atomic E-state index is 0.130. The van der Waals surface area contributed by atoms with E-state index in [0.717, 1.165) is 19.3 Å². The molecular formula is C19H25N3O3. The molecule has 0 aromatic heterocycles. The Balaban J connectivity index is 2.39. The van der Waals surface area contributed by atoms with E-state index in [1.54, 1.807) is 19.9 Å². The van der Waals surface area contributed by atoms with Crippen LogP contribution in [0, 0.1) is 17.2 Å². The Kier molecular flexibility index (Phi) is 8.80. The molecule has 1 atom stereocenters. The molecule has 1 amide bonds. The Morgan fingerprint density at radius 1 is 1.24 bits per heavy atom. The van der Waals surface area contributed by atoms with Crippen LogP contribution in [0.25, 0.3) is 0 Å². The Hall–Kier alpha value is -2.81. The number of rotatable bonds is 10. The molecule has 0 saturated carbocycles. The first-order valence-corrected chi connectivity index (χ1v) is 8.37. The summed E-state index contributed by atoms with van der Waals surface area (Å²) < 4.78 is 0. The van der Waals surface area contributed by atoms with E-state index in [4.69, 9.17) is 10.4 Å². The van der Waals surface area contributed by atoms with Crippen molar-refractivity contribution < 1.29 is 14.7 Å². The SMILES string of the molecule is CC(C)C(NC(=O)/C(C#N)=C\NCCCCc1ccccc1)C(=O)O. The highest BCUT2D eigenvalue weighted by Crippen LogP contribution is 2.05. The summed E-state index contributed by atoms with van der Waals surface area (Å²) in [7, 11) is 0. The molecule has 6 heteroatoms. The summed E-state index contributed by atoms with van der Waals surface area (Å²) in [6.45, 7) is 4.03. The van der Waals surface area contributed by atoms with Crippen LogP contribution in [0.3, 0.4) is 0 Å². The molecule has 0 aliphatic heterocycles. The highest BCUT2D eigenvalue weighted by atomic mass is 16.4. The molecule has 1 aromatic rings. The van der Waals surface area contributed by atoms with E-state index in [-0.39, 0.29) is 11.5 Å². The van der Waals surface area contributed by atoms with Crippen molar-refractivity contribution in [2.24, 2.45) is 5.92 Å². The first-order valence-electron chi connectivity index (χ1n) is 8.37. The highest BCUT2D eigenvalue weighted by molar-refractivity contribution is 5.99. The molecule has 0 saturated heterocycles. The lowest BCUT2D eigenvalue weighted by Crippen LogP contribution is -2.44.